The molecule has 1 amide bonds. The van der Waals surface area contributed by atoms with Crippen LogP contribution in [0.3, 0.4) is 0 Å². The maximum absolute atomic E-state index is 13.4. The van der Waals surface area contributed by atoms with Crippen molar-refractivity contribution in [2.45, 2.75) is 70.1 Å². The van der Waals surface area contributed by atoms with Crippen LogP contribution in [0.1, 0.15) is 55.1 Å². The number of nitrogens with zero attached hydrogens (tertiary/aromatic N) is 2. The normalized spacial score (nSPS) is 16.8. The number of pyridine rings is 1. The molecule has 0 bridgehead atoms. The van der Waals surface area contributed by atoms with E-state index in [0.717, 1.165) is 24.1 Å². The Morgan fingerprint density at radius 2 is 1.64 bits per heavy atom. The van der Waals surface area contributed by atoms with Crippen molar-refractivity contribution in [1.82, 2.24) is 4.98 Å². The molecule has 3 aromatic rings. The lowest BCUT2D eigenvalue weighted by Crippen LogP contribution is -2.44. The molecule has 0 spiro atoms. The second-order valence-corrected chi connectivity index (χ2v) is 16.6. The van der Waals surface area contributed by atoms with Crippen LogP contribution in [0.25, 0.3) is 11.3 Å². The highest BCUT2D eigenvalue weighted by molar-refractivity contribution is 6.74. The summed E-state index contributed by atoms with van der Waals surface area (Å²) in [4.78, 5) is 19.5. The zero-order valence-electron chi connectivity index (χ0n) is 22.9. The third-order valence-corrected chi connectivity index (χ3v) is 12.6. The number of halogens is 3. The average molecular weight is 555 g/mol. The summed E-state index contributed by atoms with van der Waals surface area (Å²) in [6, 6.07) is 16.1. The van der Waals surface area contributed by atoms with Crippen molar-refractivity contribution in [2.24, 2.45) is 0 Å². The van der Waals surface area contributed by atoms with Crippen LogP contribution in [0.2, 0.25) is 18.1 Å². The Morgan fingerprint density at radius 1 is 0.974 bits per heavy atom. The minimum atomic E-state index is -4.47. The van der Waals surface area contributed by atoms with E-state index in [4.69, 9.17) is 9.16 Å². The third-order valence-electron chi connectivity index (χ3n) is 8.05. The summed E-state index contributed by atoms with van der Waals surface area (Å²) in [5.41, 5.74) is 3.62. The molecule has 2 heterocycles. The van der Waals surface area contributed by atoms with Gasteiger partial charge in [-0.2, -0.15) is 13.2 Å². The molecule has 1 aromatic heterocycles. The van der Waals surface area contributed by atoms with E-state index >= 15 is 0 Å². The van der Waals surface area contributed by atoms with Crippen LogP contribution in [-0.4, -0.2) is 32.0 Å². The van der Waals surface area contributed by atoms with Crippen LogP contribution < -0.4 is 9.64 Å². The van der Waals surface area contributed by atoms with E-state index in [9.17, 15) is 18.0 Å². The first-order valence-electron chi connectivity index (χ1n) is 13.1. The second-order valence-electron chi connectivity index (χ2n) is 11.9. The van der Waals surface area contributed by atoms with Crippen LogP contribution >= 0.6 is 0 Å². The van der Waals surface area contributed by atoms with Crippen molar-refractivity contribution in [1.29, 1.82) is 0 Å². The van der Waals surface area contributed by atoms with Gasteiger partial charge in [-0.05, 0) is 66.9 Å². The molecule has 0 unspecified atom stereocenters. The SMILES string of the molecule is CC(C)(C)[Si](C)(C)OC1(c2ccc(N3Cc4c(ccnc4-c4ccccc4OCC(F)(F)F)C3=O)cc2)CC1. The summed E-state index contributed by atoms with van der Waals surface area (Å²) in [6.45, 7) is 10.1. The lowest BCUT2D eigenvalue weighted by molar-refractivity contribution is -0.153. The molecule has 1 fully saturated rings. The van der Waals surface area contributed by atoms with Crippen molar-refractivity contribution in [3.05, 3.63) is 77.5 Å². The first kappa shape index (κ1) is 27.4. The highest BCUT2D eigenvalue weighted by Crippen LogP contribution is 2.54. The Bertz CT molecular complexity index is 1390. The molecule has 9 heteroatoms. The van der Waals surface area contributed by atoms with E-state index in [-0.39, 0.29) is 28.8 Å². The van der Waals surface area contributed by atoms with Gasteiger partial charge in [-0.15, -0.1) is 0 Å². The molecule has 39 heavy (non-hydrogen) atoms. The Kier molecular flexibility index (Phi) is 6.66. The van der Waals surface area contributed by atoms with Gasteiger partial charge >= 0.3 is 6.18 Å². The molecular weight excluding hydrogens is 521 g/mol. The van der Waals surface area contributed by atoms with Gasteiger partial charge in [-0.1, -0.05) is 45.0 Å². The van der Waals surface area contributed by atoms with Gasteiger partial charge in [0.1, 0.15) is 5.75 Å². The highest BCUT2D eigenvalue weighted by atomic mass is 28.4. The molecule has 0 saturated heterocycles. The van der Waals surface area contributed by atoms with Gasteiger partial charge in [0, 0.05) is 28.6 Å². The van der Waals surface area contributed by atoms with Crippen LogP contribution in [0, 0.1) is 0 Å². The summed E-state index contributed by atoms with van der Waals surface area (Å²) in [6.07, 6.45) is -0.989. The smallest absolute Gasteiger partial charge is 0.422 e. The van der Waals surface area contributed by atoms with E-state index < -0.39 is 21.1 Å². The van der Waals surface area contributed by atoms with Crippen molar-refractivity contribution in [3.8, 4) is 17.0 Å². The summed E-state index contributed by atoms with van der Waals surface area (Å²) >= 11 is 0. The van der Waals surface area contributed by atoms with Crippen LogP contribution in [0.4, 0.5) is 18.9 Å². The number of carbonyl (C=O) groups is 1. The van der Waals surface area contributed by atoms with Crippen LogP contribution in [0.15, 0.2) is 60.8 Å². The molecule has 1 aliphatic heterocycles. The molecule has 0 radical (unpaired) electrons. The summed E-state index contributed by atoms with van der Waals surface area (Å²) < 4.78 is 50.4. The van der Waals surface area contributed by atoms with E-state index in [0.29, 0.717) is 22.4 Å². The average Bonchev–Trinajstić information content (AvgIpc) is 3.56. The van der Waals surface area contributed by atoms with Gasteiger partial charge in [-0.25, -0.2) is 0 Å². The number of ether oxygens (including phenoxy) is 1. The number of hydrogen-bond acceptors (Lipinski definition) is 4. The Hall–Kier alpha value is -3.17. The number of para-hydroxylation sites is 1. The first-order valence-corrected chi connectivity index (χ1v) is 16.0. The molecule has 1 saturated carbocycles. The Balaban J connectivity index is 1.40. The van der Waals surface area contributed by atoms with Gasteiger partial charge in [0.15, 0.2) is 14.9 Å². The van der Waals surface area contributed by atoms with E-state index in [1.807, 2.05) is 24.3 Å². The van der Waals surface area contributed by atoms with Gasteiger partial charge in [-0.3, -0.25) is 9.78 Å². The lowest BCUT2D eigenvalue weighted by Gasteiger charge is -2.40. The number of hydrogen-bond donors (Lipinski definition) is 0. The lowest BCUT2D eigenvalue weighted by atomic mass is 10.0. The molecule has 2 aliphatic rings. The molecule has 5 nitrogen and oxygen atoms in total. The van der Waals surface area contributed by atoms with Gasteiger partial charge in [0.2, 0.25) is 0 Å². The quantitative estimate of drug-likeness (QED) is 0.279. The van der Waals surface area contributed by atoms with Crippen molar-refractivity contribution in [3.63, 3.8) is 0 Å². The highest BCUT2D eigenvalue weighted by Gasteiger charge is 2.52. The molecular formula is C30H33F3N2O3Si. The zero-order valence-corrected chi connectivity index (χ0v) is 23.9. The summed E-state index contributed by atoms with van der Waals surface area (Å²) in [5.74, 6) is -0.101. The van der Waals surface area contributed by atoms with Crippen molar-refractivity contribution in [2.75, 3.05) is 11.5 Å². The maximum atomic E-state index is 13.4. The van der Waals surface area contributed by atoms with E-state index in [2.05, 4.69) is 38.8 Å². The minimum Gasteiger partial charge on any atom is -0.483 e. The van der Waals surface area contributed by atoms with Gasteiger partial charge in [0.05, 0.1) is 17.8 Å². The third kappa shape index (κ3) is 5.34. The number of carbonyl (C=O) groups excluding carboxylic acids is 1. The second kappa shape index (κ2) is 9.48. The largest absolute Gasteiger partial charge is 0.483 e. The Morgan fingerprint density at radius 3 is 2.26 bits per heavy atom. The number of aromatic nitrogens is 1. The fraction of sp³-hybridized carbons (Fsp3) is 0.400. The molecule has 206 valence electrons. The van der Waals surface area contributed by atoms with Crippen molar-refractivity contribution < 1.29 is 27.1 Å². The number of alkyl halides is 3. The standard InChI is InChI=1S/C30H33F3N2O3Si/c1-28(2,3)39(4,5)38-29(15-16-29)20-10-12-21(13-11-20)35-18-24-22(27(35)36)14-17-34-26(24)23-8-6-7-9-25(23)37-19-30(31,32)33/h6-14,17H,15-16,18-19H2,1-5H3. The molecule has 1 aliphatic carbocycles. The predicted octanol–water partition coefficient (Wildman–Crippen LogP) is 7.86. The Labute approximate surface area is 228 Å². The minimum absolute atomic E-state index is 0.0717. The molecule has 0 atom stereocenters. The fourth-order valence-corrected chi connectivity index (χ4v) is 6.37. The molecule has 0 N–H and O–H groups in total. The number of rotatable bonds is 7. The fourth-order valence-electron chi connectivity index (χ4n) is 4.77. The van der Waals surface area contributed by atoms with Gasteiger partial charge < -0.3 is 14.1 Å². The predicted molar refractivity (Wildman–Crippen MR) is 147 cm³/mol. The number of amides is 1. The van der Waals surface area contributed by atoms with E-state index in [1.54, 1.807) is 29.2 Å². The van der Waals surface area contributed by atoms with Crippen LogP contribution in [0.5, 0.6) is 5.75 Å². The molecule has 5 rings (SSSR count). The number of anilines is 1. The first-order chi connectivity index (χ1) is 18.2. The zero-order chi connectivity index (χ0) is 28.2. The van der Waals surface area contributed by atoms with Crippen LogP contribution in [-0.2, 0) is 16.6 Å². The topological polar surface area (TPSA) is 51.7 Å². The summed E-state index contributed by atoms with van der Waals surface area (Å²) in [5, 5.41) is 0.110. The van der Waals surface area contributed by atoms with Crippen molar-refractivity contribution >= 4 is 19.9 Å². The van der Waals surface area contributed by atoms with E-state index in [1.165, 1.54) is 12.3 Å². The number of fused-ring (bicyclic) bond motifs is 1. The monoisotopic (exact) mass is 554 g/mol. The number of benzene rings is 2. The maximum Gasteiger partial charge on any atom is 0.422 e. The molecule has 2 aromatic carbocycles. The summed E-state index contributed by atoms with van der Waals surface area (Å²) in [7, 11) is -1.96. The van der Waals surface area contributed by atoms with Gasteiger partial charge in [0.25, 0.3) is 5.91 Å².